The van der Waals surface area contributed by atoms with Gasteiger partial charge in [-0.05, 0) is 37.5 Å². The molecular formula is C20H25N7O2. The van der Waals surface area contributed by atoms with Gasteiger partial charge in [0.1, 0.15) is 5.69 Å². The van der Waals surface area contributed by atoms with Crippen LogP contribution in [-0.2, 0) is 4.74 Å². The van der Waals surface area contributed by atoms with Gasteiger partial charge in [0.25, 0.3) is 0 Å². The third-order valence-corrected chi connectivity index (χ3v) is 5.62. The van der Waals surface area contributed by atoms with Crippen LogP contribution in [0.4, 0.5) is 10.5 Å². The number of urea groups is 1. The molecule has 0 bridgehead atoms. The predicted molar refractivity (Wildman–Crippen MR) is 110 cm³/mol. The summed E-state index contributed by atoms with van der Waals surface area (Å²) in [6.07, 6.45) is 3.68. The van der Waals surface area contributed by atoms with Crippen LogP contribution in [-0.4, -0.2) is 63.4 Å². The second-order valence-electron chi connectivity index (χ2n) is 7.72. The number of anilines is 1. The van der Waals surface area contributed by atoms with Crippen molar-refractivity contribution in [3.8, 4) is 11.5 Å². The second kappa shape index (κ2) is 7.49. The molecule has 1 atom stereocenters. The highest BCUT2D eigenvalue weighted by Gasteiger charge is 2.24. The molecule has 1 saturated heterocycles. The van der Waals surface area contributed by atoms with Crippen molar-refractivity contribution in [1.82, 2.24) is 30.4 Å². The molecular weight excluding hydrogens is 370 g/mol. The van der Waals surface area contributed by atoms with Crippen molar-refractivity contribution in [3.63, 3.8) is 0 Å². The van der Waals surface area contributed by atoms with E-state index in [1.807, 2.05) is 6.07 Å². The number of ether oxygens (including phenoxy) is 1. The first-order chi connectivity index (χ1) is 14.2. The quantitative estimate of drug-likeness (QED) is 0.531. The van der Waals surface area contributed by atoms with Gasteiger partial charge in [0.2, 0.25) is 0 Å². The number of aromatic nitrogens is 4. The number of H-pyrrole nitrogens is 2. The number of amides is 2. The summed E-state index contributed by atoms with van der Waals surface area (Å²) in [6, 6.07) is 6.70. The van der Waals surface area contributed by atoms with Crippen molar-refractivity contribution in [2.75, 3.05) is 31.6 Å². The van der Waals surface area contributed by atoms with Crippen LogP contribution in [0.3, 0.4) is 0 Å². The Labute approximate surface area is 168 Å². The van der Waals surface area contributed by atoms with Gasteiger partial charge in [0, 0.05) is 25.2 Å². The average Bonchev–Trinajstić information content (AvgIpc) is 3.26. The van der Waals surface area contributed by atoms with Crippen LogP contribution < -0.4 is 10.6 Å². The summed E-state index contributed by atoms with van der Waals surface area (Å²) in [5, 5.41) is 12.8. The highest BCUT2D eigenvalue weighted by molar-refractivity contribution is 5.93. The highest BCUT2D eigenvalue weighted by atomic mass is 16.5. The van der Waals surface area contributed by atoms with Gasteiger partial charge in [-0.1, -0.05) is 6.07 Å². The number of fused-ring (bicyclic) bond motifs is 1. The lowest BCUT2D eigenvalue weighted by Crippen LogP contribution is -2.37. The van der Waals surface area contributed by atoms with E-state index in [1.54, 1.807) is 6.20 Å². The summed E-state index contributed by atoms with van der Waals surface area (Å²) in [6.45, 7) is 5.67. The van der Waals surface area contributed by atoms with Crippen molar-refractivity contribution in [2.45, 2.75) is 31.8 Å². The number of hydrogen-bond donors (Lipinski definition) is 4. The Hall–Kier alpha value is -2.91. The first-order valence-electron chi connectivity index (χ1n) is 10.1. The zero-order valence-electron chi connectivity index (χ0n) is 16.4. The fourth-order valence-electron chi connectivity index (χ4n) is 3.71. The maximum absolute atomic E-state index is 12.1. The van der Waals surface area contributed by atoms with Gasteiger partial charge in [0.15, 0.2) is 5.82 Å². The smallest absolute Gasteiger partial charge is 0.319 e. The van der Waals surface area contributed by atoms with Crippen LogP contribution in [0.15, 0.2) is 24.4 Å². The number of hydrogen-bond acceptors (Lipinski definition) is 5. The minimum atomic E-state index is -0.215. The van der Waals surface area contributed by atoms with Gasteiger partial charge < -0.3 is 20.4 Å². The van der Waals surface area contributed by atoms with Crippen LogP contribution in [0, 0.1) is 0 Å². The van der Waals surface area contributed by atoms with E-state index in [0.717, 1.165) is 50.2 Å². The molecule has 1 unspecified atom stereocenters. The van der Waals surface area contributed by atoms with Crippen LogP contribution in [0.5, 0.6) is 0 Å². The van der Waals surface area contributed by atoms with E-state index in [9.17, 15) is 4.79 Å². The molecule has 4 N–H and O–H groups in total. The van der Waals surface area contributed by atoms with Gasteiger partial charge >= 0.3 is 6.03 Å². The van der Waals surface area contributed by atoms with Crippen molar-refractivity contribution < 1.29 is 9.53 Å². The molecule has 2 amide bonds. The van der Waals surface area contributed by atoms with E-state index >= 15 is 0 Å². The Bertz CT molecular complexity index is 1020. The SMILES string of the molecule is CC(c1ccc2nc(-c3[nH]ncc3NC(=O)NC3CC3)[nH]c2c1)N1CCOCC1. The lowest BCUT2D eigenvalue weighted by Gasteiger charge is -2.32. The number of nitrogens with zero attached hydrogens (tertiary/aromatic N) is 3. The summed E-state index contributed by atoms with van der Waals surface area (Å²) >= 11 is 0. The molecule has 0 radical (unpaired) electrons. The third-order valence-electron chi connectivity index (χ3n) is 5.62. The predicted octanol–water partition coefficient (Wildman–Crippen LogP) is 2.63. The van der Waals surface area contributed by atoms with Crippen LogP contribution in [0.2, 0.25) is 0 Å². The Morgan fingerprint density at radius 3 is 2.93 bits per heavy atom. The van der Waals surface area contributed by atoms with E-state index in [1.165, 1.54) is 5.56 Å². The summed E-state index contributed by atoms with van der Waals surface area (Å²) in [5.41, 5.74) is 4.34. The van der Waals surface area contributed by atoms with E-state index in [4.69, 9.17) is 4.74 Å². The molecule has 1 aromatic carbocycles. The average molecular weight is 395 g/mol. The Kier molecular flexibility index (Phi) is 4.69. The molecule has 3 aromatic rings. The number of rotatable bonds is 5. The number of carbonyl (C=O) groups excluding carboxylic acids is 1. The number of benzene rings is 1. The van der Waals surface area contributed by atoms with E-state index in [0.29, 0.717) is 29.3 Å². The Balaban J connectivity index is 1.37. The lowest BCUT2D eigenvalue weighted by molar-refractivity contribution is 0.0199. The molecule has 0 spiro atoms. The molecule has 5 rings (SSSR count). The number of aromatic amines is 2. The summed E-state index contributed by atoms with van der Waals surface area (Å²) in [4.78, 5) is 22.5. The molecule has 9 nitrogen and oxygen atoms in total. The molecule has 9 heteroatoms. The van der Waals surface area contributed by atoms with Gasteiger partial charge in [-0.3, -0.25) is 10.00 Å². The standard InChI is InChI=1S/C20H25N7O2/c1-12(27-6-8-29-9-7-27)13-2-5-15-16(10-13)24-19(23-15)18-17(11-21-26-18)25-20(28)22-14-3-4-14/h2,5,10-12,14H,3-4,6-9H2,1H3,(H,21,26)(H,23,24)(H2,22,25,28). The fourth-order valence-corrected chi connectivity index (χ4v) is 3.71. The molecule has 3 heterocycles. The maximum Gasteiger partial charge on any atom is 0.319 e. The second-order valence-corrected chi connectivity index (χ2v) is 7.72. The number of nitrogens with one attached hydrogen (secondary N) is 4. The molecule has 1 saturated carbocycles. The third kappa shape index (κ3) is 3.83. The molecule has 1 aliphatic heterocycles. The first-order valence-corrected chi connectivity index (χ1v) is 10.1. The highest BCUT2D eigenvalue weighted by Crippen LogP contribution is 2.28. The van der Waals surface area contributed by atoms with Crippen LogP contribution in [0.1, 0.15) is 31.4 Å². The van der Waals surface area contributed by atoms with Gasteiger partial charge in [-0.15, -0.1) is 0 Å². The summed E-state index contributed by atoms with van der Waals surface area (Å²) in [7, 11) is 0. The van der Waals surface area contributed by atoms with E-state index in [2.05, 4.69) is 54.8 Å². The van der Waals surface area contributed by atoms with Gasteiger partial charge in [-0.25, -0.2) is 9.78 Å². The zero-order chi connectivity index (χ0) is 19.8. The largest absolute Gasteiger partial charge is 0.379 e. The minimum absolute atomic E-state index is 0.215. The zero-order valence-corrected chi connectivity index (χ0v) is 16.4. The molecule has 2 aromatic heterocycles. The maximum atomic E-state index is 12.1. The van der Waals surface area contributed by atoms with Crippen molar-refractivity contribution in [3.05, 3.63) is 30.0 Å². The summed E-state index contributed by atoms with van der Waals surface area (Å²) in [5.74, 6) is 0.649. The number of carbonyl (C=O) groups is 1. The molecule has 1 aliphatic carbocycles. The topological polar surface area (TPSA) is 111 Å². The number of morpholine rings is 1. The number of imidazole rings is 1. The first kappa shape index (κ1) is 18.1. The van der Waals surface area contributed by atoms with Crippen molar-refractivity contribution in [2.24, 2.45) is 0 Å². The van der Waals surface area contributed by atoms with Crippen LogP contribution in [0.25, 0.3) is 22.6 Å². The molecule has 2 fully saturated rings. The van der Waals surface area contributed by atoms with E-state index in [-0.39, 0.29) is 6.03 Å². The van der Waals surface area contributed by atoms with Crippen molar-refractivity contribution >= 4 is 22.8 Å². The minimum Gasteiger partial charge on any atom is -0.379 e. The molecule has 29 heavy (non-hydrogen) atoms. The normalized spacial score (nSPS) is 18.7. The van der Waals surface area contributed by atoms with Gasteiger partial charge in [-0.2, -0.15) is 5.10 Å². The van der Waals surface area contributed by atoms with E-state index < -0.39 is 0 Å². The monoisotopic (exact) mass is 395 g/mol. The summed E-state index contributed by atoms with van der Waals surface area (Å²) < 4.78 is 5.46. The molecule has 152 valence electrons. The molecule has 2 aliphatic rings. The Morgan fingerprint density at radius 2 is 2.14 bits per heavy atom. The fraction of sp³-hybridized carbons (Fsp3) is 0.450. The lowest BCUT2D eigenvalue weighted by atomic mass is 10.1. The van der Waals surface area contributed by atoms with Crippen molar-refractivity contribution in [1.29, 1.82) is 0 Å². The van der Waals surface area contributed by atoms with Crippen LogP contribution >= 0.6 is 0 Å². The Morgan fingerprint density at radius 1 is 1.31 bits per heavy atom. The van der Waals surface area contributed by atoms with Gasteiger partial charge in [0.05, 0.1) is 36.1 Å².